The number of nitrogens with one attached hydrogen (secondary N) is 1. The summed E-state index contributed by atoms with van der Waals surface area (Å²) in [4.78, 5) is 13.3. The van der Waals surface area contributed by atoms with Gasteiger partial charge in [0.25, 0.3) is 0 Å². The van der Waals surface area contributed by atoms with Gasteiger partial charge in [-0.25, -0.2) is 9.37 Å². The van der Waals surface area contributed by atoms with E-state index in [1.54, 1.807) is 16.8 Å². The number of phenols is 1. The van der Waals surface area contributed by atoms with Gasteiger partial charge in [0.15, 0.2) is 11.5 Å². The van der Waals surface area contributed by atoms with E-state index in [4.69, 9.17) is 0 Å². The molecule has 0 unspecified atom stereocenters. The third-order valence-electron chi connectivity index (χ3n) is 5.73. The number of pyridine rings is 1. The fourth-order valence-corrected chi connectivity index (χ4v) is 4.11. The molecule has 5 rings (SSSR count). The summed E-state index contributed by atoms with van der Waals surface area (Å²) in [7, 11) is 0. The zero-order valence-corrected chi connectivity index (χ0v) is 17.4. The molecular formula is C23H23FN6O. The van der Waals surface area contributed by atoms with Crippen molar-refractivity contribution in [3.63, 3.8) is 0 Å². The van der Waals surface area contributed by atoms with Crippen LogP contribution in [0.4, 0.5) is 10.3 Å². The van der Waals surface area contributed by atoms with E-state index in [2.05, 4.69) is 39.2 Å². The summed E-state index contributed by atoms with van der Waals surface area (Å²) in [6.45, 7) is 4.17. The van der Waals surface area contributed by atoms with Gasteiger partial charge in [-0.1, -0.05) is 19.9 Å². The topological polar surface area (TPSA) is 88.2 Å². The van der Waals surface area contributed by atoms with Crippen molar-refractivity contribution in [2.24, 2.45) is 0 Å². The van der Waals surface area contributed by atoms with Crippen LogP contribution in [-0.4, -0.2) is 35.7 Å². The molecule has 0 saturated carbocycles. The molecular weight excluding hydrogens is 395 g/mol. The molecule has 8 heteroatoms. The van der Waals surface area contributed by atoms with Crippen molar-refractivity contribution in [3.8, 4) is 17.1 Å². The van der Waals surface area contributed by atoms with Crippen molar-refractivity contribution >= 4 is 11.6 Å². The van der Waals surface area contributed by atoms with Crippen LogP contribution in [0.25, 0.3) is 17.0 Å². The van der Waals surface area contributed by atoms with Gasteiger partial charge in [-0.2, -0.15) is 14.6 Å². The van der Waals surface area contributed by atoms with Gasteiger partial charge >= 0.3 is 0 Å². The number of aromatic hydroxyl groups is 1. The lowest BCUT2D eigenvalue weighted by atomic mass is 9.88. The molecule has 0 aliphatic heterocycles. The lowest BCUT2D eigenvalue weighted by Gasteiger charge is -2.26. The molecule has 4 aromatic rings. The number of halogens is 1. The molecule has 0 spiro atoms. The molecule has 0 saturated heterocycles. The predicted octanol–water partition coefficient (Wildman–Crippen LogP) is 4.12. The highest BCUT2D eigenvalue weighted by Crippen LogP contribution is 2.28. The first kappa shape index (κ1) is 19.4. The first-order valence-corrected chi connectivity index (χ1v) is 10.4. The number of aromatic nitrogens is 5. The SMILES string of the molecule is CC(C)c1cnn2c(N[C@@H]3CCc4cc(O)ccc4C3)nc(-c3cncc(F)c3)nc12. The summed E-state index contributed by atoms with van der Waals surface area (Å²) >= 11 is 0. The summed E-state index contributed by atoms with van der Waals surface area (Å²) in [5.41, 5.74) is 4.61. The minimum atomic E-state index is -0.430. The maximum atomic E-state index is 13.8. The monoisotopic (exact) mass is 418 g/mol. The minimum absolute atomic E-state index is 0.153. The van der Waals surface area contributed by atoms with Gasteiger partial charge in [0.05, 0.1) is 12.4 Å². The predicted molar refractivity (Wildman–Crippen MR) is 116 cm³/mol. The zero-order valence-electron chi connectivity index (χ0n) is 17.4. The molecule has 1 atom stereocenters. The number of fused-ring (bicyclic) bond motifs is 2. The molecule has 3 aromatic heterocycles. The van der Waals surface area contributed by atoms with Crippen molar-refractivity contribution in [1.29, 1.82) is 0 Å². The van der Waals surface area contributed by atoms with Crippen molar-refractivity contribution in [2.45, 2.75) is 45.1 Å². The molecule has 1 aromatic carbocycles. The first-order chi connectivity index (χ1) is 15.0. The van der Waals surface area contributed by atoms with E-state index in [1.807, 2.05) is 18.3 Å². The van der Waals surface area contributed by atoms with Crippen molar-refractivity contribution in [1.82, 2.24) is 24.6 Å². The standard InChI is InChI=1S/C23H23FN6O/c1-13(2)20-12-26-30-22(20)28-21(16-7-17(24)11-25-10-16)29-23(30)27-18-5-3-15-9-19(31)6-4-14(15)8-18/h4,6-7,9-13,18,31H,3,5,8H2,1-2H3,(H,27,28,29)/t18-/m1/s1. The summed E-state index contributed by atoms with van der Waals surface area (Å²) in [6, 6.07) is 7.08. The molecule has 3 heterocycles. The van der Waals surface area contributed by atoms with E-state index in [1.165, 1.54) is 17.2 Å². The van der Waals surface area contributed by atoms with Gasteiger partial charge in [0, 0.05) is 23.4 Å². The van der Waals surface area contributed by atoms with Crippen LogP contribution in [0, 0.1) is 5.82 Å². The van der Waals surface area contributed by atoms with Crippen molar-refractivity contribution in [2.75, 3.05) is 5.32 Å². The number of hydrogen-bond donors (Lipinski definition) is 2. The molecule has 0 amide bonds. The van der Waals surface area contributed by atoms with Gasteiger partial charge in [0.2, 0.25) is 5.95 Å². The Labute approximate surface area is 179 Å². The van der Waals surface area contributed by atoms with Crippen LogP contribution in [-0.2, 0) is 12.8 Å². The van der Waals surface area contributed by atoms with E-state index in [-0.39, 0.29) is 12.0 Å². The zero-order chi connectivity index (χ0) is 21.5. The third-order valence-corrected chi connectivity index (χ3v) is 5.73. The molecule has 0 radical (unpaired) electrons. The van der Waals surface area contributed by atoms with Crippen LogP contribution >= 0.6 is 0 Å². The number of aryl methyl sites for hydroxylation is 1. The second kappa shape index (κ2) is 7.61. The van der Waals surface area contributed by atoms with Crippen LogP contribution in [0.2, 0.25) is 0 Å². The average Bonchev–Trinajstić information content (AvgIpc) is 3.18. The summed E-state index contributed by atoms with van der Waals surface area (Å²) in [5.74, 6) is 1.08. The molecule has 31 heavy (non-hydrogen) atoms. The van der Waals surface area contributed by atoms with E-state index in [0.717, 1.165) is 31.0 Å². The largest absolute Gasteiger partial charge is 0.508 e. The molecule has 0 fully saturated rings. The molecule has 7 nitrogen and oxygen atoms in total. The lowest BCUT2D eigenvalue weighted by molar-refractivity contribution is 0.472. The Morgan fingerprint density at radius 2 is 2.00 bits per heavy atom. The second-order valence-electron chi connectivity index (χ2n) is 8.29. The lowest BCUT2D eigenvalue weighted by Crippen LogP contribution is -2.29. The highest BCUT2D eigenvalue weighted by molar-refractivity contribution is 5.62. The number of benzene rings is 1. The van der Waals surface area contributed by atoms with Crippen LogP contribution in [0.15, 0.2) is 42.9 Å². The minimum Gasteiger partial charge on any atom is -0.508 e. The molecule has 1 aliphatic rings. The Balaban J connectivity index is 1.55. The highest BCUT2D eigenvalue weighted by atomic mass is 19.1. The summed E-state index contributed by atoms with van der Waals surface area (Å²) in [6.07, 6.45) is 7.12. The van der Waals surface area contributed by atoms with E-state index in [9.17, 15) is 9.50 Å². The third kappa shape index (κ3) is 3.69. The number of phenolic OH excluding ortho intramolecular Hbond substituents is 1. The van der Waals surface area contributed by atoms with E-state index < -0.39 is 5.82 Å². The molecule has 0 bridgehead atoms. The fraction of sp³-hybridized carbons (Fsp3) is 0.304. The van der Waals surface area contributed by atoms with Gasteiger partial charge in [-0.05, 0) is 54.5 Å². The quantitative estimate of drug-likeness (QED) is 0.518. The summed E-state index contributed by atoms with van der Waals surface area (Å²) < 4.78 is 15.5. The van der Waals surface area contributed by atoms with Crippen LogP contribution in [0.3, 0.4) is 0 Å². The Bertz CT molecular complexity index is 1270. The smallest absolute Gasteiger partial charge is 0.228 e. The number of nitrogens with zero attached hydrogens (tertiary/aromatic N) is 5. The van der Waals surface area contributed by atoms with Gasteiger partial charge in [0.1, 0.15) is 11.6 Å². The van der Waals surface area contributed by atoms with Crippen molar-refractivity contribution < 1.29 is 9.50 Å². The maximum Gasteiger partial charge on any atom is 0.228 e. The van der Waals surface area contributed by atoms with E-state index >= 15 is 0 Å². The van der Waals surface area contributed by atoms with Gasteiger partial charge in [-0.3, -0.25) is 4.98 Å². The van der Waals surface area contributed by atoms with Crippen LogP contribution in [0.5, 0.6) is 5.75 Å². The Kier molecular flexibility index (Phi) is 4.77. The summed E-state index contributed by atoms with van der Waals surface area (Å²) in [5, 5.41) is 17.8. The normalized spacial score (nSPS) is 15.9. The number of anilines is 1. The second-order valence-corrected chi connectivity index (χ2v) is 8.29. The van der Waals surface area contributed by atoms with E-state index in [0.29, 0.717) is 28.7 Å². The Hall–Kier alpha value is -3.55. The number of rotatable bonds is 4. The fourth-order valence-electron chi connectivity index (χ4n) is 4.11. The average molecular weight is 418 g/mol. The highest BCUT2D eigenvalue weighted by Gasteiger charge is 2.22. The first-order valence-electron chi connectivity index (χ1n) is 10.4. The van der Waals surface area contributed by atoms with Crippen LogP contribution < -0.4 is 5.32 Å². The van der Waals surface area contributed by atoms with Crippen molar-refractivity contribution in [3.05, 3.63) is 65.4 Å². The Morgan fingerprint density at radius 1 is 1.13 bits per heavy atom. The molecule has 2 N–H and O–H groups in total. The molecule has 158 valence electrons. The molecule has 1 aliphatic carbocycles. The number of hydrogen-bond acceptors (Lipinski definition) is 6. The van der Waals surface area contributed by atoms with Crippen LogP contribution in [0.1, 0.15) is 42.9 Å². The van der Waals surface area contributed by atoms with Gasteiger partial charge in [-0.15, -0.1) is 0 Å². The Morgan fingerprint density at radius 3 is 2.81 bits per heavy atom. The maximum absolute atomic E-state index is 13.8. The van der Waals surface area contributed by atoms with Gasteiger partial charge < -0.3 is 10.4 Å².